The average Bonchev–Trinajstić information content (AvgIpc) is 3.11. The summed E-state index contributed by atoms with van der Waals surface area (Å²) in [5.74, 6) is 0.103. The molecule has 3 aliphatic carbocycles. The number of carbonyl (C=O) groups excluding carboxylic acids is 1. The Bertz CT molecular complexity index is 985. The van der Waals surface area contributed by atoms with Crippen LogP contribution in [-0.2, 0) is 11.2 Å². The van der Waals surface area contributed by atoms with Crippen molar-refractivity contribution < 1.29 is 4.79 Å². The second kappa shape index (κ2) is 2.94. The van der Waals surface area contributed by atoms with Gasteiger partial charge in [0, 0.05) is 0 Å². The summed E-state index contributed by atoms with van der Waals surface area (Å²) >= 11 is 0. The fraction of sp³-hybridized carbons (Fsp3) is 0.0556. The molecule has 1 nitrogen and oxygen atoms in total. The Kier molecular flexibility index (Phi) is 1.47. The summed E-state index contributed by atoms with van der Waals surface area (Å²) in [7, 11) is 0. The molecule has 0 saturated carbocycles. The van der Waals surface area contributed by atoms with Crippen LogP contribution >= 0.6 is 0 Å². The fourth-order valence-corrected chi connectivity index (χ4v) is 3.33. The fourth-order valence-electron chi connectivity index (χ4n) is 3.33. The summed E-state index contributed by atoms with van der Waals surface area (Å²) < 4.78 is 0. The number of allylic oxidation sites excluding steroid dienone is 4. The van der Waals surface area contributed by atoms with E-state index >= 15 is 0 Å². The lowest BCUT2D eigenvalue weighted by molar-refractivity contribution is -0.107. The summed E-state index contributed by atoms with van der Waals surface area (Å²) in [5, 5.41) is 4.62. The highest BCUT2D eigenvalue weighted by atomic mass is 16.1. The summed E-state index contributed by atoms with van der Waals surface area (Å²) in [5.41, 5.74) is 5.56. The molecule has 0 radical (unpaired) electrons. The number of rotatable bonds is 0. The maximum absolute atomic E-state index is 11.6. The van der Waals surface area contributed by atoms with Crippen LogP contribution in [0.15, 0.2) is 42.0 Å². The van der Waals surface area contributed by atoms with Crippen LogP contribution in [0.1, 0.15) is 11.1 Å². The average molecular weight is 242 g/mol. The van der Waals surface area contributed by atoms with Crippen molar-refractivity contribution in [2.75, 3.05) is 0 Å². The number of carbonyl (C=O) groups is 1. The maximum Gasteiger partial charge on any atom is 0.179 e. The second-order valence-electron chi connectivity index (χ2n) is 5.38. The van der Waals surface area contributed by atoms with E-state index in [0.717, 1.165) is 16.9 Å². The third-order valence-corrected chi connectivity index (χ3v) is 4.29. The van der Waals surface area contributed by atoms with Gasteiger partial charge in [0.05, 0.1) is 0 Å². The monoisotopic (exact) mass is 242 g/mol. The molecule has 0 fully saturated rings. The number of fused-ring (bicyclic) bond motifs is 7. The molecular formula is C18H10O. The van der Waals surface area contributed by atoms with Gasteiger partial charge in [0.1, 0.15) is 0 Å². The quantitative estimate of drug-likeness (QED) is 0.689. The van der Waals surface area contributed by atoms with Gasteiger partial charge in [-0.2, -0.15) is 0 Å². The Labute approximate surface area is 109 Å². The minimum Gasteiger partial charge on any atom is -0.290 e. The minimum atomic E-state index is 0.103. The highest BCUT2D eigenvalue weighted by Crippen LogP contribution is 2.45. The number of Topliss-reactive ketones (excluding diaryl/α,β-unsaturated/α-hetero) is 1. The largest absolute Gasteiger partial charge is 0.290 e. The van der Waals surface area contributed by atoms with E-state index in [1.807, 2.05) is 0 Å². The lowest BCUT2D eigenvalue weighted by Gasteiger charge is -2.13. The molecule has 0 N–H and O–H groups in total. The SMILES string of the molecule is O=C1C=c2ccc3c4c(ccc3c2=C1)CC=C1C=C14. The Morgan fingerprint density at radius 1 is 0.895 bits per heavy atom. The van der Waals surface area contributed by atoms with Crippen LogP contribution in [0.25, 0.3) is 28.5 Å². The number of hydrogen-bond donors (Lipinski definition) is 0. The van der Waals surface area contributed by atoms with Crippen LogP contribution in [0.4, 0.5) is 0 Å². The van der Waals surface area contributed by atoms with Crippen molar-refractivity contribution in [2.24, 2.45) is 0 Å². The number of hydrogen-bond acceptors (Lipinski definition) is 1. The molecule has 88 valence electrons. The van der Waals surface area contributed by atoms with Crippen LogP contribution in [0, 0.1) is 0 Å². The first-order valence-corrected chi connectivity index (χ1v) is 6.56. The van der Waals surface area contributed by atoms with Crippen LogP contribution in [0.2, 0.25) is 0 Å². The molecule has 19 heavy (non-hydrogen) atoms. The highest BCUT2D eigenvalue weighted by Gasteiger charge is 2.26. The van der Waals surface area contributed by atoms with E-state index in [1.165, 1.54) is 33.0 Å². The van der Waals surface area contributed by atoms with Crippen molar-refractivity contribution in [1.82, 2.24) is 0 Å². The van der Waals surface area contributed by atoms with Gasteiger partial charge < -0.3 is 0 Å². The first kappa shape index (κ1) is 9.51. The molecule has 0 bridgehead atoms. The predicted octanol–water partition coefficient (Wildman–Crippen LogP) is 1.86. The van der Waals surface area contributed by atoms with Gasteiger partial charge >= 0.3 is 0 Å². The van der Waals surface area contributed by atoms with Crippen LogP contribution in [0.3, 0.4) is 0 Å². The Morgan fingerprint density at radius 3 is 2.74 bits per heavy atom. The van der Waals surface area contributed by atoms with Gasteiger partial charge in [-0.15, -0.1) is 0 Å². The zero-order chi connectivity index (χ0) is 12.6. The summed E-state index contributed by atoms with van der Waals surface area (Å²) in [6.07, 6.45) is 9.03. The van der Waals surface area contributed by atoms with Crippen molar-refractivity contribution >= 4 is 34.3 Å². The van der Waals surface area contributed by atoms with E-state index in [9.17, 15) is 4.79 Å². The molecule has 0 amide bonds. The first-order chi connectivity index (χ1) is 9.31. The van der Waals surface area contributed by atoms with Gasteiger partial charge in [0.15, 0.2) is 5.78 Å². The highest BCUT2D eigenvalue weighted by molar-refractivity contribution is 6.27. The smallest absolute Gasteiger partial charge is 0.179 e. The van der Waals surface area contributed by atoms with E-state index in [2.05, 4.69) is 36.4 Å². The predicted molar refractivity (Wildman–Crippen MR) is 76.9 cm³/mol. The van der Waals surface area contributed by atoms with E-state index in [1.54, 1.807) is 12.2 Å². The molecule has 5 rings (SSSR count). The number of ketones is 1. The molecule has 0 unspecified atom stereocenters. The van der Waals surface area contributed by atoms with Crippen LogP contribution in [-0.4, -0.2) is 5.78 Å². The van der Waals surface area contributed by atoms with Gasteiger partial charge in [-0.25, -0.2) is 0 Å². The molecule has 0 heterocycles. The Morgan fingerprint density at radius 2 is 1.79 bits per heavy atom. The molecule has 2 aromatic carbocycles. The molecule has 0 saturated heterocycles. The van der Waals surface area contributed by atoms with Crippen molar-refractivity contribution in [3.05, 3.63) is 63.6 Å². The Balaban J connectivity index is 2.00. The molecule has 3 aliphatic rings. The molecular weight excluding hydrogens is 232 g/mol. The molecule has 0 aliphatic heterocycles. The van der Waals surface area contributed by atoms with E-state index in [-0.39, 0.29) is 5.78 Å². The van der Waals surface area contributed by atoms with E-state index in [0.29, 0.717) is 0 Å². The standard InChI is InChI=1S/C18H10O/c19-13-7-11-4-6-15-14(16(11)9-13)5-3-10-1-2-12-8-17(12)18(10)15/h2-9H,1H2. The molecule has 1 heteroatoms. The van der Waals surface area contributed by atoms with Gasteiger partial charge in [0.2, 0.25) is 0 Å². The molecule has 2 aromatic rings. The van der Waals surface area contributed by atoms with Gasteiger partial charge in [0.25, 0.3) is 0 Å². The first-order valence-electron chi connectivity index (χ1n) is 6.56. The zero-order valence-electron chi connectivity index (χ0n) is 10.2. The van der Waals surface area contributed by atoms with Crippen molar-refractivity contribution in [3.8, 4) is 0 Å². The third-order valence-electron chi connectivity index (χ3n) is 4.29. The van der Waals surface area contributed by atoms with E-state index < -0.39 is 0 Å². The van der Waals surface area contributed by atoms with Crippen molar-refractivity contribution in [3.63, 3.8) is 0 Å². The molecule has 0 atom stereocenters. The summed E-state index contributed by atoms with van der Waals surface area (Å²) in [4.78, 5) is 11.6. The third kappa shape index (κ3) is 1.13. The minimum absolute atomic E-state index is 0.103. The van der Waals surface area contributed by atoms with Crippen molar-refractivity contribution in [1.29, 1.82) is 0 Å². The molecule has 0 spiro atoms. The number of benzene rings is 2. The maximum atomic E-state index is 11.6. The summed E-state index contributed by atoms with van der Waals surface area (Å²) in [6, 6.07) is 8.61. The molecule has 0 aromatic heterocycles. The van der Waals surface area contributed by atoms with Gasteiger partial charge in [-0.3, -0.25) is 4.79 Å². The zero-order valence-corrected chi connectivity index (χ0v) is 10.2. The second-order valence-corrected chi connectivity index (χ2v) is 5.38. The van der Waals surface area contributed by atoms with Crippen LogP contribution < -0.4 is 10.4 Å². The Hall–Kier alpha value is -2.41. The normalized spacial score (nSPS) is 17.8. The van der Waals surface area contributed by atoms with Crippen LogP contribution in [0.5, 0.6) is 0 Å². The van der Waals surface area contributed by atoms with Gasteiger partial charge in [-0.1, -0.05) is 30.3 Å². The topological polar surface area (TPSA) is 17.1 Å². The lowest BCUT2D eigenvalue weighted by atomic mass is 9.91. The van der Waals surface area contributed by atoms with Crippen molar-refractivity contribution in [2.45, 2.75) is 6.42 Å². The van der Waals surface area contributed by atoms with Gasteiger partial charge in [-0.05, 0) is 68.1 Å². The van der Waals surface area contributed by atoms with E-state index in [4.69, 9.17) is 0 Å². The summed E-state index contributed by atoms with van der Waals surface area (Å²) in [6.45, 7) is 0. The lowest BCUT2D eigenvalue weighted by Crippen LogP contribution is -2.22.